The summed E-state index contributed by atoms with van der Waals surface area (Å²) >= 11 is 0. The lowest BCUT2D eigenvalue weighted by atomic mass is 10.1. The molecule has 8 nitrogen and oxygen atoms in total. The normalized spacial score (nSPS) is 11.3. The first kappa shape index (κ1) is 23.1. The summed E-state index contributed by atoms with van der Waals surface area (Å²) in [6, 6.07) is 6.22. The number of nitrogens with one attached hydrogen (secondary N) is 3. The summed E-state index contributed by atoms with van der Waals surface area (Å²) < 4.78 is 0. The fraction of sp³-hybridized carbons (Fsp3) is 0.500. The molecule has 1 amide bonds. The van der Waals surface area contributed by atoms with Crippen molar-refractivity contribution >= 4 is 41.5 Å². The second kappa shape index (κ2) is 10.9. The topological polar surface area (TPSA) is 109 Å². The van der Waals surface area contributed by atoms with Gasteiger partial charge >= 0.3 is 0 Å². The van der Waals surface area contributed by atoms with Crippen molar-refractivity contribution in [3.8, 4) is 0 Å². The Labute approximate surface area is 165 Å². The van der Waals surface area contributed by atoms with Crippen molar-refractivity contribution in [1.82, 2.24) is 16.0 Å². The maximum atomic E-state index is 11.8. The molecule has 0 bridgehead atoms. The maximum Gasteiger partial charge on any atom is 0.269 e. The number of nitrogens with zero attached hydrogens (tertiary/aromatic N) is 2. The van der Waals surface area contributed by atoms with E-state index in [1.54, 1.807) is 12.1 Å². The van der Waals surface area contributed by atoms with Gasteiger partial charge in [-0.2, -0.15) is 0 Å². The van der Waals surface area contributed by atoms with Gasteiger partial charge in [0.2, 0.25) is 5.91 Å². The predicted molar refractivity (Wildman–Crippen MR) is 109 cm³/mol. The molecule has 0 atom stereocenters. The Morgan fingerprint density at radius 1 is 1.20 bits per heavy atom. The SMILES string of the molecule is CCNC(=NCc1ccc([N+](=O)[O-])cc1)NCC(=O)NC(C)(C)C.I. The van der Waals surface area contributed by atoms with Crippen LogP contribution in [0.4, 0.5) is 5.69 Å². The van der Waals surface area contributed by atoms with Gasteiger partial charge in [0.05, 0.1) is 18.0 Å². The number of benzene rings is 1. The molecule has 0 aliphatic rings. The first-order chi connectivity index (χ1) is 11.2. The van der Waals surface area contributed by atoms with Crippen LogP contribution in [0.1, 0.15) is 33.3 Å². The van der Waals surface area contributed by atoms with Crippen LogP contribution in [0.2, 0.25) is 0 Å². The quantitative estimate of drug-likeness (QED) is 0.197. The Kier molecular flexibility index (Phi) is 10.0. The van der Waals surface area contributed by atoms with E-state index in [4.69, 9.17) is 0 Å². The minimum Gasteiger partial charge on any atom is -0.357 e. The Morgan fingerprint density at radius 2 is 1.80 bits per heavy atom. The van der Waals surface area contributed by atoms with Crippen molar-refractivity contribution in [2.45, 2.75) is 39.8 Å². The summed E-state index contributed by atoms with van der Waals surface area (Å²) in [5.74, 6) is 0.392. The fourth-order valence-corrected chi connectivity index (χ4v) is 1.86. The van der Waals surface area contributed by atoms with Crippen LogP contribution in [-0.4, -0.2) is 35.4 Å². The molecule has 1 aromatic carbocycles. The van der Waals surface area contributed by atoms with Gasteiger partial charge in [0.1, 0.15) is 0 Å². The monoisotopic (exact) mass is 463 g/mol. The molecular weight excluding hydrogens is 437 g/mol. The van der Waals surface area contributed by atoms with Crippen LogP contribution in [0.5, 0.6) is 0 Å². The van der Waals surface area contributed by atoms with Crippen molar-refractivity contribution in [3.05, 3.63) is 39.9 Å². The van der Waals surface area contributed by atoms with Crippen LogP contribution in [0.15, 0.2) is 29.3 Å². The highest BCUT2D eigenvalue weighted by Gasteiger charge is 2.13. The molecule has 9 heteroatoms. The fourth-order valence-electron chi connectivity index (χ4n) is 1.86. The molecule has 0 fully saturated rings. The lowest BCUT2D eigenvalue weighted by Gasteiger charge is -2.21. The Bertz CT molecular complexity index is 597. The average Bonchev–Trinajstić information content (AvgIpc) is 2.48. The number of hydrogen-bond acceptors (Lipinski definition) is 4. The van der Waals surface area contributed by atoms with Gasteiger partial charge in [-0.05, 0) is 33.3 Å². The van der Waals surface area contributed by atoms with Gasteiger partial charge in [-0.3, -0.25) is 14.9 Å². The number of halogens is 1. The molecule has 140 valence electrons. The molecule has 0 radical (unpaired) electrons. The average molecular weight is 463 g/mol. The van der Waals surface area contributed by atoms with Crippen molar-refractivity contribution in [1.29, 1.82) is 0 Å². The van der Waals surface area contributed by atoms with Crippen LogP contribution in [0, 0.1) is 10.1 Å². The van der Waals surface area contributed by atoms with E-state index in [0.717, 1.165) is 5.56 Å². The van der Waals surface area contributed by atoms with E-state index in [1.807, 2.05) is 27.7 Å². The minimum absolute atomic E-state index is 0. The van der Waals surface area contributed by atoms with E-state index < -0.39 is 4.92 Å². The molecule has 0 spiro atoms. The van der Waals surface area contributed by atoms with Crippen molar-refractivity contribution in [2.75, 3.05) is 13.1 Å². The van der Waals surface area contributed by atoms with E-state index in [1.165, 1.54) is 12.1 Å². The Morgan fingerprint density at radius 3 is 2.28 bits per heavy atom. The molecule has 25 heavy (non-hydrogen) atoms. The Hall–Kier alpha value is -1.91. The molecule has 1 aromatic rings. The number of amides is 1. The summed E-state index contributed by atoms with van der Waals surface area (Å²) in [5, 5.41) is 19.5. The van der Waals surface area contributed by atoms with E-state index in [0.29, 0.717) is 19.0 Å². The van der Waals surface area contributed by atoms with Crippen LogP contribution in [-0.2, 0) is 11.3 Å². The molecule has 0 aliphatic heterocycles. The van der Waals surface area contributed by atoms with Crippen LogP contribution < -0.4 is 16.0 Å². The smallest absolute Gasteiger partial charge is 0.269 e. The standard InChI is InChI=1S/C16H25N5O3.HI/c1-5-17-15(19-11-14(22)20-16(2,3)4)18-10-12-6-8-13(9-7-12)21(23)24;/h6-9H,5,10-11H2,1-4H3,(H,20,22)(H2,17,18,19);1H. The van der Waals surface area contributed by atoms with E-state index in [9.17, 15) is 14.9 Å². The van der Waals surface area contributed by atoms with Crippen molar-refractivity contribution < 1.29 is 9.72 Å². The van der Waals surface area contributed by atoms with Crippen molar-refractivity contribution in [2.24, 2.45) is 4.99 Å². The zero-order chi connectivity index (χ0) is 18.2. The lowest BCUT2D eigenvalue weighted by Crippen LogP contribution is -2.48. The van der Waals surface area contributed by atoms with Gasteiger partial charge in [-0.15, -0.1) is 24.0 Å². The summed E-state index contributed by atoms with van der Waals surface area (Å²) in [5.41, 5.74) is 0.607. The zero-order valence-corrected chi connectivity index (χ0v) is 17.3. The summed E-state index contributed by atoms with van der Waals surface area (Å²) in [6.45, 7) is 8.80. The van der Waals surface area contributed by atoms with Crippen LogP contribution >= 0.6 is 24.0 Å². The van der Waals surface area contributed by atoms with E-state index in [-0.39, 0.29) is 47.7 Å². The van der Waals surface area contributed by atoms with Gasteiger partial charge in [-0.25, -0.2) is 4.99 Å². The number of aliphatic imine (C=N–C) groups is 1. The van der Waals surface area contributed by atoms with Crippen LogP contribution in [0.25, 0.3) is 0 Å². The van der Waals surface area contributed by atoms with Gasteiger partial charge in [0, 0.05) is 24.2 Å². The first-order valence-electron chi connectivity index (χ1n) is 7.78. The van der Waals surface area contributed by atoms with Gasteiger partial charge in [0.15, 0.2) is 5.96 Å². The van der Waals surface area contributed by atoms with E-state index >= 15 is 0 Å². The van der Waals surface area contributed by atoms with E-state index in [2.05, 4.69) is 20.9 Å². The van der Waals surface area contributed by atoms with Gasteiger partial charge in [0.25, 0.3) is 5.69 Å². The third-order valence-corrected chi connectivity index (χ3v) is 2.84. The molecule has 0 heterocycles. The summed E-state index contributed by atoms with van der Waals surface area (Å²) in [4.78, 5) is 26.4. The third kappa shape index (κ3) is 9.85. The zero-order valence-electron chi connectivity index (χ0n) is 15.0. The van der Waals surface area contributed by atoms with Gasteiger partial charge in [-0.1, -0.05) is 12.1 Å². The number of carbonyl (C=O) groups is 1. The van der Waals surface area contributed by atoms with Gasteiger partial charge < -0.3 is 16.0 Å². The highest BCUT2D eigenvalue weighted by Crippen LogP contribution is 2.12. The number of hydrogen-bond donors (Lipinski definition) is 3. The number of nitro benzene ring substituents is 1. The number of nitro groups is 1. The van der Waals surface area contributed by atoms with Crippen molar-refractivity contribution in [3.63, 3.8) is 0 Å². The summed E-state index contributed by atoms with van der Waals surface area (Å²) in [7, 11) is 0. The highest BCUT2D eigenvalue weighted by molar-refractivity contribution is 14.0. The highest BCUT2D eigenvalue weighted by atomic mass is 127. The third-order valence-electron chi connectivity index (χ3n) is 2.84. The molecule has 0 aliphatic carbocycles. The molecule has 0 unspecified atom stereocenters. The largest absolute Gasteiger partial charge is 0.357 e. The summed E-state index contributed by atoms with van der Waals surface area (Å²) in [6.07, 6.45) is 0. The second-order valence-electron chi connectivity index (χ2n) is 6.27. The first-order valence-corrected chi connectivity index (χ1v) is 7.78. The molecule has 0 aromatic heterocycles. The second-order valence-corrected chi connectivity index (χ2v) is 6.27. The van der Waals surface area contributed by atoms with Crippen LogP contribution in [0.3, 0.4) is 0 Å². The predicted octanol–water partition coefficient (Wildman–Crippen LogP) is 2.18. The maximum absolute atomic E-state index is 11.8. The number of carbonyl (C=O) groups excluding carboxylic acids is 1. The Balaban J connectivity index is 0.00000576. The molecule has 1 rings (SSSR count). The lowest BCUT2D eigenvalue weighted by molar-refractivity contribution is -0.384. The molecule has 3 N–H and O–H groups in total. The molecular formula is C16H26IN5O3. The minimum atomic E-state index is -0.438. The number of rotatable bonds is 6. The molecule has 0 saturated heterocycles. The number of non-ortho nitro benzene ring substituents is 1. The number of guanidine groups is 1. The molecule has 0 saturated carbocycles.